The molecule has 0 aromatic carbocycles. The van der Waals surface area contributed by atoms with Crippen LogP contribution in [-0.4, -0.2) is 93.7 Å². The Labute approximate surface area is 191 Å². The van der Waals surface area contributed by atoms with Gasteiger partial charge in [0.25, 0.3) is 0 Å². The lowest BCUT2D eigenvalue weighted by Gasteiger charge is -2.22. The molecule has 0 spiro atoms. The fourth-order valence-electron chi connectivity index (χ4n) is 2.77. The van der Waals surface area contributed by atoms with Gasteiger partial charge in [0, 0.05) is 20.3 Å². The normalized spacial score (nSPS) is 23.9. The van der Waals surface area contributed by atoms with Gasteiger partial charge >= 0.3 is 17.8 Å². The van der Waals surface area contributed by atoms with Gasteiger partial charge in [-0.05, 0) is 33.8 Å². The number of aliphatic imine (C=N–C) groups is 1. The predicted octanol–water partition coefficient (Wildman–Crippen LogP) is -0.460. The van der Waals surface area contributed by atoms with Crippen molar-refractivity contribution in [1.82, 2.24) is 19.8 Å². The highest BCUT2D eigenvalue weighted by Gasteiger charge is 2.45. The number of rotatable bonds is 7. The minimum Gasteiger partial charge on any atom is -0.461 e. The molecule has 33 heavy (non-hydrogen) atoms. The Balaban J connectivity index is 1.97. The average Bonchev–Trinajstić information content (AvgIpc) is 2.97. The zero-order valence-corrected chi connectivity index (χ0v) is 19.5. The summed E-state index contributed by atoms with van der Waals surface area (Å²) in [6.45, 7) is 6.03. The summed E-state index contributed by atoms with van der Waals surface area (Å²) in [5, 5.41) is 23.0. The standard InChI is InChI=1S/C20H31N5O8/c1-11(22-19(30)33-20(2,3)4)17(28)31-9-12-14(26)15(27)16(32-12)25-8-7-13(23-18(25)29)21-10-24(5)6/h7-8,10-12,14-16,26-27H,9H2,1-6H3,(H,22,30)/b21-10+/t11-,12+,14+,15+,16+/m0/s1. The molecule has 2 rings (SSSR count). The molecule has 0 saturated carbocycles. The van der Waals surface area contributed by atoms with E-state index in [0.717, 1.165) is 4.57 Å². The molecule has 1 aromatic rings. The highest BCUT2D eigenvalue weighted by molar-refractivity contribution is 5.81. The molecule has 1 aliphatic rings. The van der Waals surface area contributed by atoms with Crippen LogP contribution in [0.1, 0.15) is 33.9 Å². The van der Waals surface area contributed by atoms with E-state index in [0.29, 0.717) is 0 Å². The Morgan fingerprint density at radius 2 is 2.03 bits per heavy atom. The van der Waals surface area contributed by atoms with E-state index < -0.39 is 60.5 Å². The van der Waals surface area contributed by atoms with Crippen LogP contribution in [0.15, 0.2) is 22.1 Å². The number of hydrogen-bond donors (Lipinski definition) is 3. The molecule has 13 heteroatoms. The number of nitrogens with zero attached hydrogens (tertiary/aromatic N) is 4. The molecule has 1 saturated heterocycles. The lowest BCUT2D eigenvalue weighted by atomic mass is 10.1. The second-order valence-corrected chi connectivity index (χ2v) is 8.73. The summed E-state index contributed by atoms with van der Waals surface area (Å²) < 4.78 is 16.7. The number of aromatic nitrogens is 2. The van der Waals surface area contributed by atoms with Crippen LogP contribution in [0.3, 0.4) is 0 Å². The lowest BCUT2D eigenvalue weighted by Crippen LogP contribution is -2.43. The number of amides is 1. The molecule has 0 aliphatic carbocycles. The Morgan fingerprint density at radius 3 is 2.61 bits per heavy atom. The fourth-order valence-corrected chi connectivity index (χ4v) is 2.77. The van der Waals surface area contributed by atoms with Crippen molar-refractivity contribution in [3.63, 3.8) is 0 Å². The Morgan fingerprint density at radius 1 is 1.36 bits per heavy atom. The molecular formula is C20H31N5O8. The van der Waals surface area contributed by atoms with Crippen molar-refractivity contribution in [2.45, 2.75) is 63.9 Å². The third kappa shape index (κ3) is 7.51. The van der Waals surface area contributed by atoms with Crippen molar-refractivity contribution in [3.05, 3.63) is 22.7 Å². The van der Waals surface area contributed by atoms with Gasteiger partial charge in [-0.2, -0.15) is 4.98 Å². The maximum Gasteiger partial charge on any atom is 0.408 e. The number of carbonyl (C=O) groups excluding carboxylic acids is 2. The van der Waals surface area contributed by atoms with Gasteiger partial charge < -0.3 is 34.6 Å². The molecule has 13 nitrogen and oxygen atoms in total. The maximum absolute atomic E-state index is 12.3. The van der Waals surface area contributed by atoms with Crippen molar-refractivity contribution >= 4 is 24.2 Å². The van der Waals surface area contributed by atoms with Gasteiger partial charge in [0.05, 0.1) is 6.34 Å². The zero-order valence-electron chi connectivity index (χ0n) is 19.5. The Bertz CT molecular complexity index is 926. The molecule has 0 unspecified atom stereocenters. The summed E-state index contributed by atoms with van der Waals surface area (Å²) in [5.74, 6) is -0.633. The summed E-state index contributed by atoms with van der Waals surface area (Å²) in [4.78, 5) is 45.8. The number of carbonyl (C=O) groups is 2. The molecule has 1 aliphatic heterocycles. The van der Waals surface area contributed by atoms with Gasteiger partial charge in [0.15, 0.2) is 12.0 Å². The lowest BCUT2D eigenvalue weighted by molar-refractivity contribution is -0.152. The minimum absolute atomic E-state index is 0.162. The molecule has 1 fully saturated rings. The van der Waals surface area contributed by atoms with E-state index in [-0.39, 0.29) is 5.82 Å². The molecule has 1 amide bonds. The van der Waals surface area contributed by atoms with Crippen LogP contribution in [-0.2, 0) is 19.0 Å². The molecule has 0 radical (unpaired) electrons. The number of hydrogen-bond acceptors (Lipinski definition) is 10. The number of nitrogens with one attached hydrogen (secondary N) is 1. The molecule has 5 atom stereocenters. The summed E-state index contributed by atoms with van der Waals surface area (Å²) in [5.41, 5.74) is -1.47. The number of alkyl carbamates (subject to hydrolysis) is 1. The van der Waals surface area contributed by atoms with E-state index in [1.165, 1.54) is 25.5 Å². The average molecular weight is 469 g/mol. The molecule has 0 bridgehead atoms. The molecule has 2 heterocycles. The third-order valence-electron chi connectivity index (χ3n) is 4.32. The molecular weight excluding hydrogens is 438 g/mol. The van der Waals surface area contributed by atoms with Gasteiger partial charge in [-0.1, -0.05) is 0 Å². The quantitative estimate of drug-likeness (QED) is 0.270. The maximum atomic E-state index is 12.3. The first-order valence-electron chi connectivity index (χ1n) is 10.3. The molecule has 184 valence electrons. The first-order chi connectivity index (χ1) is 15.3. The number of ether oxygens (including phenoxy) is 3. The van der Waals surface area contributed by atoms with Crippen LogP contribution >= 0.6 is 0 Å². The fraction of sp³-hybridized carbons (Fsp3) is 0.650. The third-order valence-corrected chi connectivity index (χ3v) is 4.32. The molecule has 1 aromatic heterocycles. The Kier molecular flexibility index (Phi) is 8.52. The van der Waals surface area contributed by atoms with E-state index in [2.05, 4.69) is 15.3 Å². The van der Waals surface area contributed by atoms with E-state index in [4.69, 9.17) is 14.2 Å². The minimum atomic E-state index is -1.47. The van der Waals surface area contributed by atoms with Gasteiger partial charge in [-0.3, -0.25) is 4.57 Å². The second kappa shape index (κ2) is 10.7. The van der Waals surface area contributed by atoms with Gasteiger partial charge in [0.1, 0.15) is 36.6 Å². The highest BCUT2D eigenvalue weighted by Crippen LogP contribution is 2.28. The molecule has 3 N–H and O–H groups in total. The second-order valence-electron chi connectivity index (χ2n) is 8.73. The first-order valence-corrected chi connectivity index (χ1v) is 10.3. The van der Waals surface area contributed by atoms with E-state index >= 15 is 0 Å². The van der Waals surface area contributed by atoms with E-state index in [1.807, 2.05) is 0 Å². The predicted molar refractivity (Wildman–Crippen MR) is 116 cm³/mol. The monoisotopic (exact) mass is 469 g/mol. The van der Waals surface area contributed by atoms with Crippen molar-refractivity contribution in [3.8, 4) is 0 Å². The largest absolute Gasteiger partial charge is 0.461 e. The Hall–Kier alpha value is -3.03. The van der Waals surface area contributed by atoms with Crippen molar-refractivity contribution in [2.75, 3.05) is 20.7 Å². The van der Waals surface area contributed by atoms with Crippen LogP contribution in [0, 0.1) is 0 Å². The SMILES string of the molecule is C[C@H](NC(=O)OC(C)(C)C)C(=O)OC[C@H]1O[C@@H](n2ccc(/N=C/N(C)C)nc2=O)[C@H](O)[C@@H]1O. The number of aliphatic hydroxyl groups excluding tert-OH is 2. The summed E-state index contributed by atoms with van der Waals surface area (Å²) in [6, 6.07) is 0.419. The van der Waals surface area contributed by atoms with Crippen LogP contribution < -0.4 is 11.0 Å². The van der Waals surface area contributed by atoms with E-state index in [1.54, 1.807) is 39.8 Å². The van der Waals surface area contributed by atoms with E-state index in [9.17, 15) is 24.6 Å². The van der Waals surface area contributed by atoms with Gasteiger partial charge in [-0.15, -0.1) is 0 Å². The van der Waals surface area contributed by atoms with Crippen LogP contribution in [0.2, 0.25) is 0 Å². The smallest absolute Gasteiger partial charge is 0.408 e. The first kappa shape index (κ1) is 26.2. The van der Waals surface area contributed by atoms with Crippen molar-refractivity contribution in [2.24, 2.45) is 4.99 Å². The van der Waals surface area contributed by atoms with Crippen LogP contribution in [0.25, 0.3) is 0 Å². The van der Waals surface area contributed by atoms with Crippen molar-refractivity contribution < 1.29 is 34.0 Å². The number of aliphatic hydroxyl groups is 2. The topological polar surface area (TPSA) is 165 Å². The van der Waals surface area contributed by atoms with Crippen LogP contribution in [0.5, 0.6) is 0 Å². The van der Waals surface area contributed by atoms with Crippen molar-refractivity contribution in [1.29, 1.82) is 0 Å². The summed E-state index contributed by atoms with van der Waals surface area (Å²) in [7, 11) is 3.52. The van der Waals surface area contributed by atoms with Crippen LogP contribution in [0.4, 0.5) is 10.6 Å². The number of esters is 1. The van der Waals surface area contributed by atoms with Gasteiger partial charge in [-0.25, -0.2) is 19.4 Å². The highest BCUT2D eigenvalue weighted by atomic mass is 16.6. The summed E-state index contributed by atoms with van der Waals surface area (Å²) in [6.07, 6.45) is -3.24. The van der Waals surface area contributed by atoms with Gasteiger partial charge in [0.2, 0.25) is 0 Å². The zero-order chi connectivity index (χ0) is 24.9. The summed E-state index contributed by atoms with van der Waals surface area (Å²) >= 11 is 0.